The van der Waals surface area contributed by atoms with E-state index in [1.807, 2.05) is 0 Å². The van der Waals surface area contributed by atoms with E-state index in [1.54, 1.807) is 6.92 Å². The molecule has 1 saturated carbocycles. The first-order chi connectivity index (χ1) is 5.64. The standard InChI is InChI=1S/C9H19NO2/c1-9(12,7-11)6-10-5-8-3-2-4-8/h8,10-12H,2-7H2,1H3. The molecule has 0 aromatic carbocycles. The van der Waals surface area contributed by atoms with Crippen molar-refractivity contribution in [2.45, 2.75) is 31.8 Å². The van der Waals surface area contributed by atoms with Gasteiger partial charge < -0.3 is 15.5 Å². The minimum absolute atomic E-state index is 0.176. The van der Waals surface area contributed by atoms with Crippen molar-refractivity contribution in [1.82, 2.24) is 5.32 Å². The number of aliphatic hydroxyl groups is 2. The van der Waals surface area contributed by atoms with E-state index in [0.29, 0.717) is 6.54 Å². The lowest BCUT2D eigenvalue weighted by atomic mass is 9.85. The topological polar surface area (TPSA) is 52.5 Å². The van der Waals surface area contributed by atoms with Crippen molar-refractivity contribution >= 4 is 0 Å². The van der Waals surface area contributed by atoms with Crippen molar-refractivity contribution in [1.29, 1.82) is 0 Å². The molecule has 1 unspecified atom stereocenters. The molecule has 1 rings (SSSR count). The molecule has 1 aliphatic carbocycles. The van der Waals surface area contributed by atoms with Gasteiger partial charge in [-0.15, -0.1) is 0 Å². The van der Waals surface area contributed by atoms with Gasteiger partial charge in [0, 0.05) is 6.54 Å². The molecule has 1 aliphatic rings. The molecular weight excluding hydrogens is 154 g/mol. The van der Waals surface area contributed by atoms with E-state index in [4.69, 9.17) is 5.11 Å². The second kappa shape index (κ2) is 4.21. The third kappa shape index (κ3) is 3.09. The van der Waals surface area contributed by atoms with Crippen molar-refractivity contribution < 1.29 is 10.2 Å². The highest BCUT2D eigenvalue weighted by Crippen LogP contribution is 2.25. The Morgan fingerprint density at radius 1 is 1.50 bits per heavy atom. The molecule has 72 valence electrons. The van der Waals surface area contributed by atoms with Gasteiger partial charge in [0.1, 0.15) is 0 Å². The van der Waals surface area contributed by atoms with Crippen molar-refractivity contribution in [3.63, 3.8) is 0 Å². The van der Waals surface area contributed by atoms with Crippen LogP contribution in [0, 0.1) is 5.92 Å². The minimum Gasteiger partial charge on any atom is -0.393 e. The lowest BCUT2D eigenvalue weighted by Crippen LogP contribution is -2.43. The van der Waals surface area contributed by atoms with Gasteiger partial charge in [-0.05, 0) is 32.2 Å². The number of hydrogen-bond acceptors (Lipinski definition) is 3. The molecule has 3 nitrogen and oxygen atoms in total. The van der Waals surface area contributed by atoms with Crippen molar-refractivity contribution in [3.05, 3.63) is 0 Å². The van der Waals surface area contributed by atoms with Gasteiger partial charge >= 0.3 is 0 Å². The van der Waals surface area contributed by atoms with Gasteiger partial charge in [0.2, 0.25) is 0 Å². The summed E-state index contributed by atoms with van der Waals surface area (Å²) in [4.78, 5) is 0. The van der Waals surface area contributed by atoms with Crippen LogP contribution >= 0.6 is 0 Å². The Hall–Kier alpha value is -0.120. The number of hydrogen-bond donors (Lipinski definition) is 3. The number of nitrogens with one attached hydrogen (secondary N) is 1. The average molecular weight is 173 g/mol. The summed E-state index contributed by atoms with van der Waals surface area (Å²) in [7, 11) is 0. The first-order valence-corrected chi connectivity index (χ1v) is 4.68. The zero-order chi connectivity index (χ0) is 9.03. The van der Waals surface area contributed by atoms with E-state index in [9.17, 15) is 5.11 Å². The molecule has 3 heteroatoms. The van der Waals surface area contributed by atoms with E-state index in [0.717, 1.165) is 12.5 Å². The highest BCUT2D eigenvalue weighted by Gasteiger charge is 2.21. The first kappa shape index (κ1) is 9.96. The highest BCUT2D eigenvalue weighted by molar-refractivity contribution is 4.77. The third-order valence-corrected chi connectivity index (χ3v) is 2.50. The first-order valence-electron chi connectivity index (χ1n) is 4.68. The fourth-order valence-electron chi connectivity index (χ4n) is 1.30. The van der Waals surface area contributed by atoms with Gasteiger partial charge in [0.05, 0.1) is 12.2 Å². The van der Waals surface area contributed by atoms with Crippen LogP contribution in [0.1, 0.15) is 26.2 Å². The molecule has 0 radical (unpaired) electrons. The number of rotatable bonds is 5. The summed E-state index contributed by atoms with van der Waals surface area (Å²) in [5, 5.41) is 21.3. The Bertz CT molecular complexity index is 132. The molecule has 0 aliphatic heterocycles. The quantitative estimate of drug-likeness (QED) is 0.553. The summed E-state index contributed by atoms with van der Waals surface area (Å²) in [6, 6.07) is 0. The van der Waals surface area contributed by atoms with Crippen LogP contribution in [0.4, 0.5) is 0 Å². The Kier molecular flexibility index (Phi) is 3.50. The van der Waals surface area contributed by atoms with Crippen LogP contribution in [0.25, 0.3) is 0 Å². The van der Waals surface area contributed by atoms with Gasteiger partial charge in [-0.25, -0.2) is 0 Å². The molecule has 0 aromatic rings. The lowest BCUT2D eigenvalue weighted by molar-refractivity contribution is 0.00163. The van der Waals surface area contributed by atoms with Gasteiger partial charge in [-0.1, -0.05) is 6.42 Å². The normalized spacial score (nSPS) is 23.2. The maximum atomic E-state index is 9.41. The maximum Gasteiger partial charge on any atom is 0.0972 e. The molecule has 3 N–H and O–H groups in total. The fourth-order valence-corrected chi connectivity index (χ4v) is 1.30. The van der Waals surface area contributed by atoms with Crippen LogP contribution in [0.3, 0.4) is 0 Å². The summed E-state index contributed by atoms with van der Waals surface area (Å²) >= 11 is 0. The molecule has 0 amide bonds. The summed E-state index contributed by atoms with van der Waals surface area (Å²) in [6.45, 7) is 2.93. The summed E-state index contributed by atoms with van der Waals surface area (Å²) in [5.74, 6) is 0.805. The van der Waals surface area contributed by atoms with Crippen LogP contribution in [-0.2, 0) is 0 Å². The predicted octanol–water partition coefficient (Wildman–Crippen LogP) is 0.119. The predicted molar refractivity (Wildman–Crippen MR) is 47.9 cm³/mol. The van der Waals surface area contributed by atoms with E-state index in [2.05, 4.69) is 5.32 Å². The van der Waals surface area contributed by atoms with Crippen LogP contribution in [0.15, 0.2) is 0 Å². The molecular formula is C9H19NO2. The van der Waals surface area contributed by atoms with Crippen LogP contribution in [0.2, 0.25) is 0 Å². The van der Waals surface area contributed by atoms with Crippen molar-refractivity contribution in [3.8, 4) is 0 Å². The molecule has 1 fully saturated rings. The zero-order valence-electron chi connectivity index (χ0n) is 7.71. The zero-order valence-corrected chi connectivity index (χ0v) is 7.71. The third-order valence-electron chi connectivity index (χ3n) is 2.50. The van der Waals surface area contributed by atoms with E-state index in [1.165, 1.54) is 19.3 Å². The molecule has 0 heterocycles. The van der Waals surface area contributed by atoms with Gasteiger partial charge in [-0.2, -0.15) is 0 Å². The minimum atomic E-state index is -0.955. The second-order valence-corrected chi connectivity index (χ2v) is 4.08. The van der Waals surface area contributed by atoms with E-state index in [-0.39, 0.29) is 6.61 Å². The van der Waals surface area contributed by atoms with Gasteiger partial charge in [0.25, 0.3) is 0 Å². The smallest absolute Gasteiger partial charge is 0.0972 e. The van der Waals surface area contributed by atoms with Gasteiger partial charge in [-0.3, -0.25) is 0 Å². The summed E-state index contributed by atoms with van der Waals surface area (Å²) in [5.41, 5.74) is -0.955. The van der Waals surface area contributed by atoms with E-state index < -0.39 is 5.60 Å². The molecule has 0 bridgehead atoms. The van der Waals surface area contributed by atoms with Crippen LogP contribution < -0.4 is 5.32 Å². The summed E-state index contributed by atoms with van der Waals surface area (Å²) < 4.78 is 0. The van der Waals surface area contributed by atoms with Crippen LogP contribution in [0.5, 0.6) is 0 Å². The van der Waals surface area contributed by atoms with Gasteiger partial charge in [0.15, 0.2) is 0 Å². The Morgan fingerprint density at radius 3 is 2.58 bits per heavy atom. The van der Waals surface area contributed by atoms with Crippen molar-refractivity contribution in [2.75, 3.05) is 19.7 Å². The molecule has 12 heavy (non-hydrogen) atoms. The Labute approximate surface area is 73.8 Å². The van der Waals surface area contributed by atoms with E-state index >= 15 is 0 Å². The fraction of sp³-hybridized carbons (Fsp3) is 1.00. The summed E-state index contributed by atoms with van der Waals surface area (Å²) in [6.07, 6.45) is 3.98. The molecule has 1 atom stereocenters. The van der Waals surface area contributed by atoms with Crippen LogP contribution in [-0.4, -0.2) is 35.5 Å². The highest BCUT2D eigenvalue weighted by atomic mass is 16.3. The molecule has 0 aromatic heterocycles. The maximum absolute atomic E-state index is 9.41. The Balaban J connectivity index is 2.00. The largest absolute Gasteiger partial charge is 0.393 e. The second-order valence-electron chi connectivity index (χ2n) is 4.08. The SMILES string of the molecule is CC(O)(CO)CNCC1CCC1. The van der Waals surface area contributed by atoms with Crippen molar-refractivity contribution in [2.24, 2.45) is 5.92 Å². The molecule has 0 spiro atoms. The Morgan fingerprint density at radius 2 is 2.17 bits per heavy atom. The average Bonchev–Trinajstić information content (AvgIpc) is 1.95. The lowest BCUT2D eigenvalue weighted by Gasteiger charge is -2.28. The number of aliphatic hydroxyl groups excluding tert-OH is 1. The molecule has 0 saturated heterocycles. The monoisotopic (exact) mass is 173 g/mol.